The molecule has 0 bridgehead atoms. The van der Waals surface area contributed by atoms with Crippen LogP contribution in [0.15, 0.2) is 11.0 Å². The van der Waals surface area contributed by atoms with Crippen molar-refractivity contribution >= 4 is 16.1 Å². The van der Waals surface area contributed by atoms with E-state index in [1.807, 2.05) is 0 Å². The van der Waals surface area contributed by atoms with E-state index in [1.54, 1.807) is 0 Å². The Balaban J connectivity index is 3.32. The minimum Gasteiger partial charge on any atom is -0.492 e. The molecule has 1 aromatic rings. The van der Waals surface area contributed by atoms with Gasteiger partial charge in [0.15, 0.2) is 4.90 Å². The lowest BCUT2D eigenvalue weighted by molar-refractivity contribution is -0.142. The van der Waals surface area contributed by atoms with E-state index in [9.17, 15) is 23.4 Å². The van der Waals surface area contributed by atoms with Crippen LogP contribution in [0, 0.1) is 0 Å². The third-order valence-electron chi connectivity index (χ3n) is 1.59. The Hall–Kier alpha value is -1.74. The van der Waals surface area contributed by atoms with Crippen LogP contribution in [0.2, 0.25) is 0 Å². The van der Waals surface area contributed by atoms with Gasteiger partial charge in [0, 0.05) is 13.0 Å². The molecule has 16 heavy (non-hydrogen) atoms. The minimum absolute atomic E-state index is 0.272. The summed E-state index contributed by atoms with van der Waals surface area (Å²) < 4.78 is 26.8. The molecule has 0 aromatic carbocycles. The van der Waals surface area contributed by atoms with Crippen LogP contribution in [0.25, 0.3) is 0 Å². The maximum absolute atomic E-state index is 11.2. The largest absolute Gasteiger partial charge is 0.492 e. The highest BCUT2D eigenvalue weighted by atomic mass is 32.2. The van der Waals surface area contributed by atoms with E-state index >= 15 is 0 Å². The van der Waals surface area contributed by atoms with Gasteiger partial charge in [0.05, 0.1) is 7.11 Å². The molecule has 0 aliphatic carbocycles. The average molecular weight is 251 g/mol. The third-order valence-corrected chi connectivity index (χ3v) is 2.87. The van der Waals surface area contributed by atoms with Crippen molar-refractivity contribution < 1.29 is 32.4 Å². The maximum Gasteiger partial charge on any atom is 0.330 e. The summed E-state index contributed by atoms with van der Waals surface area (Å²) in [4.78, 5) is 14.3. The topological polar surface area (TPSA) is 115 Å². The molecular weight excluding hydrogens is 242 g/mol. The van der Waals surface area contributed by atoms with Crippen LogP contribution in [-0.2, 0) is 19.1 Å². The second kappa shape index (κ2) is 4.02. The van der Waals surface area contributed by atoms with E-state index in [-0.39, 0.29) is 4.73 Å². The van der Waals surface area contributed by atoms with Gasteiger partial charge in [0.2, 0.25) is 5.88 Å². The molecule has 90 valence electrons. The van der Waals surface area contributed by atoms with Crippen LogP contribution < -0.4 is 4.84 Å². The number of carbonyl (C=O) groups is 1. The van der Waals surface area contributed by atoms with Gasteiger partial charge in [-0.3, -0.25) is 4.18 Å². The zero-order valence-corrected chi connectivity index (χ0v) is 9.18. The van der Waals surface area contributed by atoms with Gasteiger partial charge in [-0.05, 0) is 0 Å². The van der Waals surface area contributed by atoms with Crippen LogP contribution in [0.5, 0.6) is 11.8 Å². The van der Waals surface area contributed by atoms with Crippen LogP contribution in [0.3, 0.4) is 0 Å². The summed E-state index contributed by atoms with van der Waals surface area (Å²) in [5, 5.41) is 18.6. The molecule has 0 saturated heterocycles. The SMILES string of the molecule is COS(=O)(=O)c1cc(O)n(OC(C)=O)c1O. The highest BCUT2D eigenvalue weighted by molar-refractivity contribution is 7.86. The molecule has 0 radical (unpaired) electrons. The number of aromatic hydroxyl groups is 2. The second-order valence-corrected chi connectivity index (χ2v) is 4.37. The molecule has 8 nitrogen and oxygen atoms in total. The molecule has 0 amide bonds. The standard InChI is InChI=1S/C7H9NO7S/c1-4(9)15-8-6(10)3-5(7(8)11)16(12,13)14-2/h3,10-11H,1-2H3. The van der Waals surface area contributed by atoms with E-state index in [0.717, 1.165) is 14.0 Å². The Morgan fingerprint density at radius 3 is 2.44 bits per heavy atom. The normalized spacial score (nSPS) is 11.4. The molecule has 0 unspecified atom stereocenters. The van der Waals surface area contributed by atoms with E-state index in [2.05, 4.69) is 9.02 Å². The molecule has 9 heteroatoms. The Kier molecular flexibility index (Phi) is 3.10. The summed E-state index contributed by atoms with van der Waals surface area (Å²) >= 11 is 0. The molecule has 2 N–H and O–H groups in total. The molecule has 0 spiro atoms. The first-order valence-electron chi connectivity index (χ1n) is 3.92. The lowest BCUT2D eigenvalue weighted by Gasteiger charge is -2.04. The van der Waals surface area contributed by atoms with Crippen molar-refractivity contribution in [2.24, 2.45) is 0 Å². The number of carbonyl (C=O) groups excluding carboxylic acids is 1. The number of rotatable bonds is 3. The highest BCUT2D eigenvalue weighted by Gasteiger charge is 2.26. The van der Waals surface area contributed by atoms with Crippen molar-refractivity contribution in [3.8, 4) is 11.8 Å². The first-order valence-corrected chi connectivity index (χ1v) is 5.33. The summed E-state index contributed by atoms with van der Waals surface area (Å²) in [6.07, 6.45) is 0. The maximum atomic E-state index is 11.2. The number of hydrogen-bond acceptors (Lipinski definition) is 7. The van der Waals surface area contributed by atoms with E-state index < -0.39 is 32.7 Å². The summed E-state index contributed by atoms with van der Waals surface area (Å²) in [7, 11) is -3.30. The Labute approximate surface area is 90.7 Å². The van der Waals surface area contributed by atoms with Gasteiger partial charge >= 0.3 is 16.1 Å². The van der Waals surface area contributed by atoms with Crippen molar-refractivity contribution in [3.05, 3.63) is 6.07 Å². The molecule has 1 heterocycles. The van der Waals surface area contributed by atoms with Crippen molar-refractivity contribution in [2.45, 2.75) is 11.8 Å². The fourth-order valence-electron chi connectivity index (χ4n) is 0.941. The molecule has 0 aliphatic heterocycles. The van der Waals surface area contributed by atoms with Crippen LogP contribution in [0.1, 0.15) is 6.92 Å². The van der Waals surface area contributed by atoms with Crippen LogP contribution in [0.4, 0.5) is 0 Å². The van der Waals surface area contributed by atoms with Crippen molar-refractivity contribution in [1.29, 1.82) is 0 Å². The van der Waals surface area contributed by atoms with Crippen molar-refractivity contribution in [1.82, 2.24) is 4.73 Å². The molecule has 0 saturated carbocycles. The van der Waals surface area contributed by atoms with E-state index in [4.69, 9.17) is 0 Å². The molecule has 0 aliphatic rings. The van der Waals surface area contributed by atoms with Gasteiger partial charge in [-0.1, -0.05) is 0 Å². The first kappa shape index (κ1) is 12.3. The molecule has 1 aromatic heterocycles. The Morgan fingerprint density at radius 2 is 2.00 bits per heavy atom. The third kappa shape index (κ3) is 2.09. The zero-order valence-electron chi connectivity index (χ0n) is 8.37. The number of aromatic nitrogens is 1. The van der Waals surface area contributed by atoms with Gasteiger partial charge < -0.3 is 15.1 Å². The monoisotopic (exact) mass is 251 g/mol. The van der Waals surface area contributed by atoms with Gasteiger partial charge in [0.25, 0.3) is 5.88 Å². The summed E-state index contributed by atoms with van der Waals surface area (Å²) in [5.41, 5.74) is 0. The van der Waals surface area contributed by atoms with Gasteiger partial charge in [0.1, 0.15) is 0 Å². The summed E-state index contributed by atoms with van der Waals surface area (Å²) in [6.45, 7) is 1.02. The smallest absolute Gasteiger partial charge is 0.330 e. The molecule has 0 atom stereocenters. The molecule has 0 fully saturated rings. The minimum atomic E-state index is -4.19. The van der Waals surface area contributed by atoms with Crippen molar-refractivity contribution in [3.63, 3.8) is 0 Å². The van der Waals surface area contributed by atoms with E-state index in [0.29, 0.717) is 6.07 Å². The molecule has 1 rings (SSSR count). The van der Waals surface area contributed by atoms with Crippen LogP contribution in [-0.4, -0.2) is 36.4 Å². The average Bonchev–Trinajstić information content (AvgIpc) is 2.46. The molecular formula is C7H9NO7S. The zero-order chi connectivity index (χ0) is 12.5. The predicted molar refractivity (Wildman–Crippen MR) is 49.2 cm³/mol. The lowest BCUT2D eigenvalue weighted by atomic mass is 10.6. The lowest BCUT2D eigenvalue weighted by Crippen LogP contribution is -2.15. The van der Waals surface area contributed by atoms with Crippen molar-refractivity contribution in [2.75, 3.05) is 7.11 Å². The van der Waals surface area contributed by atoms with Gasteiger partial charge in [-0.15, -0.1) is 4.73 Å². The highest BCUT2D eigenvalue weighted by Crippen LogP contribution is 2.30. The van der Waals surface area contributed by atoms with Gasteiger partial charge in [-0.2, -0.15) is 8.42 Å². The number of hydrogen-bond donors (Lipinski definition) is 2. The van der Waals surface area contributed by atoms with Crippen LogP contribution >= 0.6 is 0 Å². The first-order chi connectivity index (χ1) is 7.29. The number of nitrogens with zero attached hydrogens (tertiary/aromatic N) is 1. The quantitative estimate of drug-likeness (QED) is 0.676. The summed E-state index contributed by atoms with van der Waals surface area (Å²) in [5.74, 6) is -2.54. The summed E-state index contributed by atoms with van der Waals surface area (Å²) in [6, 6.07) is 0.692. The Morgan fingerprint density at radius 1 is 1.44 bits per heavy atom. The van der Waals surface area contributed by atoms with E-state index in [1.165, 1.54) is 0 Å². The van der Waals surface area contributed by atoms with Gasteiger partial charge in [-0.25, -0.2) is 4.79 Å². The fourth-order valence-corrected chi connectivity index (χ4v) is 1.68. The Bertz CT molecular complexity index is 515. The fraction of sp³-hybridized carbons (Fsp3) is 0.286. The second-order valence-electron chi connectivity index (χ2n) is 2.69. The predicted octanol–water partition coefficient (Wildman–Crippen LogP) is -0.790.